The highest BCUT2D eigenvalue weighted by Gasteiger charge is 2.11. The number of rotatable bonds is 6. The molecule has 21 heavy (non-hydrogen) atoms. The van der Waals surface area contributed by atoms with Gasteiger partial charge in [0.1, 0.15) is 11.6 Å². The van der Waals surface area contributed by atoms with Gasteiger partial charge in [0.05, 0.1) is 7.11 Å². The molecule has 0 radical (unpaired) electrons. The number of hydrazine groups is 1. The van der Waals surface area contributed by atoms with Gasteiger partial charge in [0.2, 0.25) is 0 Å². The summed E-state index contributed by atoms with van der Waals surface area (Å²) in [7, 11) is 1.64. The van der Waals surface area contributed by atoms with Crippen LogP contribution in [0.15, 0.2) is 46.9 Å². The maximum atomic E-state index is 13.4. The van der Waals surface area contributed by atoms with E-state index in [1.165, 1.54) is 12.1 Å². The number of ether oxygens (including phenoxy) is 1. The van der Waals surface area contributed by atoms with Gasteiger partial charge in [0.25, 0.3) is 0 Å². The Morgan fingerprint density at radius 3 is 2.62 bits per heavy atom. The number of hydrogen-bond acceptors (Lipinski definition) is 3. The highest BCUT2D eigenvalue weighted by molar-refractivity contribution is 9.10. The quantitative estimate of drug-likeness (QED) is 0.619. The van der Waals surface area contributed by atoms with E-state index in [4.69, 9.17) is 10.6 Å². The van der Waals surface area contributed by atoms with E-state index in [0.29, 0.717) is 6.42 Å². The van der Waals surface area contributed by atoms with E-state index in [9.17, 15) is 4.39 Å². The molecule has 0 aromatic heterocycles. The number of methoxy groups -OCH3 is 1. The van der Waals surface area contributed by atoms with Gasteiger partial charge in [-0.1, -0.05) is 28.1 Å². The van der Waals surface area contributed by atoms with Crippen molar-refractivity contribution < 1.29 is 9.13 Å². The van der Waals surface area contributed by atoms with Gasteiger partial charge in [-0.25, -0.2) is 4.39 Å². The molecule has 0 heterocycles. The summed E-state index contributed by atoms with van der Waals surface area (Å²) < 4.78 is 19.4. The molecule has 2 rings (SSSR count). The summed E-state index contributed by atoms with van der Waals surface area (Å²) in [4.78, 5) is 0. The van der Waals surface area contributed by atoms with Crippen molar-refractivity contribution in [1.29, 1.82) is 0 Å². The first-order valence-electron chi connectivity index (χ1n) is 6.64. The van der Waals surface area contributed by atoms with Crippen molar-refractivity contribution in [2.75, 3.05) is 7.11 Å². The smallest absolute Gasteiger partial charge is 0.124 e. The molecule has 0 amide bonds. The predicted octanol–water partition coefficient (Wildman–Crippen LogP) is 3.21. The van der Waals surface area contributed by atoms with E-state index in [1.807, 2.05) is 30.3 Å². The fourth-order valence-electron chi connectivity index (χ4n) is 2.29. The van der Waals surface area contributed by atoms with Gasteiger partial charge in [-0.15, -0.1) is 0 Å². The summed E-state index contributed by atoms with van der Waals surface area (Å²) in [5.74, 6) is 6.19. The first kappa shape index (κ1) is 15.9. The standard InChI is InChI=1S/C16H18BrFN2O/c1-21-16-4-2-3-11(9-16)7-15(20-19)8-12-5-13(17)10-14(18)6-12/h2-6,9-10,15,20H,7-8,19H2,1H3. The van der Waals surface area contributed by atoms with Crippen molar-refractivity contribution in [2.24, 2.45) is 5.84 Å². The van der Waals surface area contributed by atoms with Gasteiger partial charge >= 0.3 is 0 Å². The lowest BCUT2D eigenvalue weighted by Gasteiger charge is -2.17. The molecule has 0 aliphatic rings. The maximum Gasteiger partial charge on any atom is 0.124 e. The zero-order chi connectivity index (χ0) is 15.2. The first-order valence-corrected chi connectivity index (χ1v) is 7.44. The normalized spacial score (nSPS) is 12.2. The minimum atomic E-state index is -0.253. The molecule has 0 bridgehead atoms. The number of nitrogens with one attached hydrogen (secondary N) is 1. The maximum absolute atomic E-state index is 13.4. The van der Waals surface area contributed by atoms with Gasteiger partial charge in [-0.3, -0.25) is 11.3 Å². The van der Waals surface area contributed by atoms with E-state index < -0.39 is 0 Å². The lowest BCUT2D eigenvalue weighted by atomic mass is 9.99. The monoisotopic (exact) mass is 352 g/mol. The molecule has 2 aromatic carbocycles. The molecule has 0 fully saturated rings. The Morgan fingerprint density at radius 1 is 1.19 bits per heavy atom. The number of hydrogen-bond donors (Lipinski definition) is 2. The Hall–Kier alpha value is -1.43. The molecule has 0 saturated heterocycles. The van der Waals surface area contributed by atoms with Crippen molar-refractivity contribution in [3.8, 4) is 5.75 Å². The van der Waals surface area contributed by atoms with E-state index in [1.54, 1.807) is 7.11 Å². The third kappa shape index (κ3) is 4.81. The van der Waals surface area contributed by atoms with Crippen LogP contribution in [0.2, 0.25) is 0 Å². The van der Waals surface area contributed by atoms with Crippen molar-refractivity contribution in [1.82, 2.24) is 5.43 Å². The third-order valence-electron chi connectivity index (χ3n) is 3.26. The van der Waals surface area contributed by atoms with Gasteiger partial charge in [-0.05, 0) is 54.3 Å². The third-order valence-corrected chi connectivity index (χ3v) is 3.71. The Morgan fingerprint density at radius 2 is 1.95 bits per heavy atom. The molecule has 5 heteroatoms. The van der Waals surface area contributed by atoms with Crippen molar-refractivity contribution in [2.45, 2.75) is 18.9 Å². The summed E-state index contributed by atoms with van der Waals surface area (Å²) in [5, 5.41) is 0. The topological polar surface area (TPSA) is 47.3 Å². The molecular weight excluding hydrogens is 335 g/mol. The van der Waals surface area contributed by atoms with Crippen LogP contribution in [0.4, 0.5) is 4.39 Å². The summed E-state index contributed by atoms with van der Waals surface area (Å²) in [6.45, 7) is 0. The second kappa shape index (κ2) is 7.54. The van der Waals surface area contributed by atoms with Gasteiger partial charge < -0.3 is 4.74 Å². The Kier molecular flexibility index (Phi) is 5.73. The van der Waals surface area contributed by atoms with Crippen LogP contribution in [0.5, 0.6) is 5.75 Å². The molecule has 3 N–H and O–H groups in total. The molecule has 0 saturated carbocycles. The zero-order valence-electron chi connectivity index (χ0n) is 11.8. The molecule has 0 aliphatic heterocycles. The van der Waals surface area contributed by atoms with E-state index >= 15 is 0 Å². The van der Waals surface area contributed by atoms with Crippen LogP contribution >= 0.6 is 15.9 Å². The number of halogens is 2. The van der Waals surface area contributed by atoms with Gasteiger partial charge in [-0.2, -0.15) is 0 Å². The fraction of sp³-hybridized carbons (Fsp3) is 0.250. The lowest BCUT2D eigenvalue weighted by molar-refractivity contribution is 0.413. The van der Waals surface area contributed by atoms with E-state index in [2.05, 4.69) is 21.4 Å². The van der Waals surface area contributed by atoms with E-state index in [0.717, 1.165) is 27.8 Å². The number of nitrogens with two attached hydrogens (primary N) is 1. The minimum Gasteiger partial charge on any atom is -0.497 e. The Labute approximate surface area is 132 Å². The van der Waals surface area contributed by atoms with Crippen LogP contribution in [0.25, 0.3) is 0 Å². The van der Waals surface area contributed by atoms with Crippen LogP contribution < -0.4 is 16.0 Å². The summed E-state index contributed by atoms with van der Waals surface area (Å²) >= 11 is 3.30. The Balaban J connectivity index is 2.08. The molecule has 1 atom stereocenters. The first-order chi connectivity index (χ1) is 10.1. The van der Waals surface area contributed by atoms with Crippen LogP contribution in [0.1, 0.15) is 11.1 Å². The minimum absolute atomic E-state index is 0.0193. The molecule has 112 valence electrons. The molecule has 2 aromatic rings. The highest BCUT2D eigenvalue weighted by Crippen LogP contribution is 2.18. The Bertz CT molecular complexity index is 586. The van der Waals surface area contributed by atoms with Crippen molar-refractivity contribution in [3.63, 3.8) is 0 Å². The number of benzene rings is 2. The second-order valence-corrected chi connectivity index (χ2v) is 5.82. The highest BCUT2D eigenvalue weighted by atomic mass is 79.9. The van der Waals surface area contributed by atoms with Crippen LogP contribution in [0, 0.1) is 5.82 Å². The summed E-state index contributed by atoms with van der Waals surface area (Å²) in [6, 6.07) is 12.7. The van der Waals surface area contributed by atoms with Crippen LogP contribution in [-0.4, -0.2) is 13.2 Å². The van der Waals surface area contributed by atoms with E-state index in [-0.39, 0.29) is 11.9 Å². The molecular formula is C16H18BrFN2O. The van der Waals surface area contributed by atoms with Crippen molar-refractivity contribution in [3.05, 3.63) is 63.9 Å². The average molecular weight is 353 g/mol. The molecule has 3 nitrogen and oxygen atoms in total. The van der Waals surface area contributed by atoms with Gasteiger partial charge in [0.15, 0.2) is 0 Å². The van der Waals surface area contributed by atoms with Crippen LogP contribution in [0.3, 0.4) is 0 Å². The molecule has 0 spiro atoms. The SMILES string of the molecule is COc1cccc(CC(Cc2cc(F)cc(Br)c2)NN)c1. The van der Waals surface area contributed by atoms with Gasteiger partial charge in [0, 0.05) is 10.5 Å². The fourth-order valence-corrected chi connectivity index (χ4v) is 2.80. The largest absolute Gasteiger partial charge is 0.497 e. The summed E-state index contributed by atoms with van der Waals surface area (Å²) in [5.41, 5.74) is 4.81. The van der Waals surface area contributed by atoms with Crippen LogP contribution in [-0.2, 0) is 12.8 Å². The average Bonchev–Trinajstić information content (AvgIpc) is 2.45. The lowest BCUT2D eigenvalue weighted by Crippen LogP contribution is -2.38. The predicted molar refractivity (Wildman–Crippen MR) is 85.6 cm³/mol. The van der Waals surface area contributed by atoms with Crippen molar-refractivity contribution >= 4 is 15.9 Å². The molecule has 1 unspecified atom stereocenters. The second-order valence-electron chi connectivity index (χ2n) is 4.90. The summed E-state index contributed by atoms with van der Waals surface area (Å²) in [6.07, 6.45) is 1.38. The zero-order valence-corrected chi connectivity index (χ0v) is 13.4. The molecule has 0 aliphatic carbocycles.